The number of nitrogens with two attached hydrogens (primary N) is 1. The van der Waals surface area contributed by atoms with Crippen LogP contribution in [0.3, 0.4) is 0 Å². The van der Waals surface area contributed by atoms with Gasteiger partial charge in [-0.25, -0.2) is 18.9 Å². The van der Waals surface area contributed by atoms with Crippen molar-refractivity contribution in [1.82, 2.24) is 14.8 Å². The molecule has 0 spiro atoms. The number of hydrogen-bond donors (Lipinski definition) is 2. The molecule has 0 saturated heterocycles. The first kappa shape index (κ1) is 30.2. The van der Waals surface area contributed by atoms with E-state index in [1.54, 1.807) is 22.1 Å². The van der Waals surface area contributed by atoms with Crippen LogP contribution in [-0.4, -0.2) is 30.4 Å². The minimum absolute atomic E-state index is 0.0418. The fraction of sp³-hybridized carbons (Fsp3) is 0.242. The topological polar surface area (TPSA) is 117 Å². The van der Waals surface area contributed by atoms with Crippen molar-refractivity contribution in [3.8, 4) is 28.2 Å². The van der Waals surface area contributed by atoms with E-state index >= 15 is 0 Å². The zero-order valence-electron chi connectivity index (χ0n) is 24.0. The van der Waals surface area contributed by atoms with Crippen molar-refractivity contribution < 1.29 is 18.8 Å². The van der Waals surface area contributed by atoms with Gasteiger partial charge in [0.05, 0.1) is 27.6 Å². The fourth-order valence-electron chi connectivity index (χ4n) is 4.96. The van der Waals surface area contributed by atoms with Crippen LogP contribution >= 0.6 is 22.7 Å². The molecule has 0 bridgehead atoms. The third kappa shape index (κ3) is 6.65. The molecule has 224 valence electrons. The van der Waals surface area contributed by atoms with Crippen LogP contribution in [0.15, 0.2) is 64.9 Å². The number of benzene rings is 2. The predicted molar refractivity (Wildman–Crippen MR) is 172 cm³/mol. The molecule has 1 aliphatic carbocycles. The van der Waals surface area contributed by atoms with Crippen molar-refractivity contribution in [3.63, 3.8) is 0 Å². The van der Waals surface area contributed by atoms with Gasteiger partial charge in [-0.1, -0.05) is 43.9 Å². The van der Waals surface area contributed by atoms with Gasteiger partial charge in [0, 0.05) is 33.4 Å². The van der Waals surface area contributed by atoms with E-state index in [0.29, 0.717) is 34.6 Å². The van der Waals surface area contributed by atoms with Crippen LogP contribution in [0.1, 0.15) is 75.2 Å². The Morgan fingerprint density at radius 1 is 1.20 bits per heavy atom. The lowest BCUT2D eigenvalue weighted by atomic mass is 9.96. The highest BCUT2D eigenvalue weighted by molar-refractivity contribution is 7.89. The number of thiazole rings is 1. The largest absolute Gasteiger partial charge is 0.593 e. The summed E-state index contributed by atoms with van der Waals surface area (Å²) in [4.78, 5) is 18.2. The van der Waals surface area contributed by atoms with E-state index in [1.165, 1.54) is 33.7 Å². The zero-order chi connectivity index (χ0) is 31.0. The van der Waals surface area contributed by atoms with Crippen LogP contribution < -0.4 is 5.14 Å². The van der Waals surface area contributed by atoms with Crippen molar-refractivity contribution in [2.24, 2.45) is 11.1 Å². The van der Waals surface area contributed by atoms with Gasteiger partial charge in [-0.3, -0.25) is 0 Å². The Bertz CT molecular complexity index is 1910. The highest BCUT2D eigenvalue weighted by Gasteiger charge is 2.29. The molecule has 1 atom stereocenters. The highest BCUT2D eigenvalue weighted by Crippen LogP contribution is 2.38. The first-order valence-electron chi connectivity index (χ1n) is 14.1. The summed E-state index contributed by atoms with van der Waals surface area (Å²) in [6.07, 6.45) is 3.27. The normalized spacial score (nSPS) is 13.6. The quantitative estimate of drug-likeness (QED) is 0.133. The van der Waals surface area contributed by atoms with Crippen molar-refractivity contribution >= 4 is 40.0 Å². The zero-order valence-corrected chi connectivity index (χ0v) is 26.5. The molecule has 11 heteroatoms. The van der Waals surface area contributed by atoms with E-state index < -0.39 is 23.1 Å². The Labute approximate surface area is 265 Å². The summed E-state index contributed by atoms with van der Waals surface area (Å²) >= 11 is 0.974. The van der Waals surface area contributed by atoms with E-state index in [9.17, 15) is 18.8 Å². The van der Waals surface area contributed by atoms with Gasteiger partial charge in [0.1, 0.15) is 0 Å². The number of aromatic carboxylic acids is 1. The van der Waals surface area contributed by atoms with Gasteiger partial charge >= 0.3 is 5.97 Å². The first-order chi connectivity index (χ1) is 21.2. The third-order valence-corrected chi connectivity index (χ3v) is 10.3. The molecule has 3 N–H and O–H groups in total. The lowest BCUT2D eigenvalue weighted by Crippen LogP contribution is -2.14. The van der Waals surface area contributed by atoms with Gasteiger partial charge in [0.25, 0.3) is 0 Å². The maximum atomic E-state index is 14.8. The maximum absolute atomic E-state index is 14.8. The maximum Gasteiger partial charge on any atom is 0.355 e. The monoisotopic (exact) mass is 644 g/mol. The number of carboxylic acids is 1. The van der Waals surface area contributed by atoms with E-state index in [2.05, 4.69) is 36.7 Å². The molecule has 0 aliphatic heterocycles. The Morgan fingerprint density at radius 3 is 2.68 bits per heavy atom. The number of thiophene rings is 1. The van der Waals surface area contributed by atoms with Gasteiger partial charge in [-0.2, -0.15) is 5.10 Å². The van der Waals surface area contributed by atoms with Crippen molar-refractivity contribution in [2.75, 3.05) is 0 Å². The summed E-state index contributed by atoms with van der Waals surface area (Å²) in [5.41, 5.74) is 4.81. The molecule has 44 heavy (non-hydrogen) atoms. The lowest BCUT2D eigenvalue weighted by Gasteiger charge is -2.10. The molecule has 1 unspecified atom stereocenters. The molecule has 5 aromatic rings. The van der Waals surface area contributed by atoms with Crippen LogP contribution in [0.5, 0.6) is 0 Å². The standard InChI is InChI=1S/C33H29FN4O3S3/c1-19(2)29-12-11-24(43-29)10-8-20-4-3-5-23(14-20)31-25(15-22-9-13-30(44(35)41)26(34)16-22)28(17-21-6-7-21)38(37-31)33-36-27(18-42-33)32(39)40/h3-5,9,11-14,16,18-19,21H,6-7,15,17,35H2,1-2H3,(H,39,40). The molecule has 1 aliphatic rings. The van der Waals surface area contributed by atoms with Crippen molar-refractivity contribution in [3.05, 3.63) is 104 Å². The van der Waals surface area contributed by atoms with Crippen LogP contribution in [0.4, 0.5) is 4.39 Å². The molecule has 3 heterocycles. The molecule has 6 rings (SSSR count). The number of aromatic nitrogens is 3. The van der Waals surface area contributed by atoms with Gasteiger partial charge in [0.15, 0.2) is 11.5 Å². The second-order valence-corrected chi connectivity index (χ2v) is 14.1. The van der Waals surface area contributed by atoms with Gasteiger partial charge < -0.3 is 9.66 Å². The van der Waals surface area contributed by atoms with E-state index in [1.807, 2.05) is 30.3 Å². The fourth-order valence-corrected chi connectivity index (χ4v) is 7.05. The number of rotatable bonds is 9. The molecule has 2 aromatic carbocycles. The summed E-state index contributed by atoms with van der Waals surface area (Å²) in [6, 6.07) is 16.6. The number of halogens is 1. The highest BCUT2D eigenvalue weighted by atomic mass is 32.2. The van der Waals surface area contributed by atoms with E-state index in [-0.39, 0.29) is 10.6 Å². The molecule has 1 saturated carbocycles. The van der Waals surface area contributed by atoms with Crippen LogP contribution in [0.25, 0.3) is 16.4 Å². The van der Waals surface area contributed by atoms with Crippen LogP contribution in [-0.2, 0) is 24.2 Å². The molecular weight excluding hydrogens is 616 g/mol. The average Bonchev–Trinajstić information content (AvgIpc) is 3.34. The van der Waals surface area contributed by atoms with Gasteiger partial charge in [0.2, 0.25) is 10.0 Å². The number of nitrogens with zero attached hydrogens (tertiary/aromatic N) is 3. The van der Waals surface area contributed by atoms with Gasteiger partial charge in [-0.05, 0) is 73.1 Å². The number of carbonyl (C=O) groups is 1. The second-order valence-electron chi connectivity index (χ2n) is 11.1. The predicted octanol–water partition coefficient (Wildman–Crippen LogP) is 6.94. The first-order valence-corrected chi connectivity index (χ1v) is 17.0. The number of hydrogen-bond acceptors (Lipinski definition) is 7. The van der Waals surface area contributed by atoms with E-state index in [0.717, 1.165) is 46.5 Å². The van der Waals surface area contributed by atoms with Gasteiger partial charge in [-0.15, -0.1) is 27.8 Å². The average molecular weight is 645 g/mol. The molecule has 3 aromatic heterocycles. The minimum atomic E-state index is -1.93. The van der Waals surface area contributed by atoms with E-state index in [4.69, 9.17) is 10.2 Å². The lowest BCUT2D eigenvalue weighted by molar-refractivity contribution is 0.0691. The SMILES string of the molecule is CC(C)c1ccc(C#Cc2cccc(-c3nn(-c4nc(C(=O)O)cs4)c(CC4CC4)c3Cc3ccc([S+](N)[O-])c(F)c3)c2)s1. The Morgan fingerprint density at radius 2 is 2.02 bits per heavy atom. The Kier molecular flexibility index (Phi) is 8.71. The number of carboxylic acid groups (broad SMARTS) is 1. The molecule has 0 radical (unpaired) electrons. The molecular formula is C33H29FN4O3S3. The Hall–Kier alpha value is -3.79. The third-order valence-electron chi connectivity index (χ3n) is 7.42. The smallest absolute Gasteiger partial charge is 0.355 e. The summed E-state index contributed by atoms with van der Waals surface area (Å²) in [5, 5.41) is 21.9. The summed E-state index contributed by atoms with van der Waals surface area (Å²) < 4.78 is 28.3. The molecule has 1 fully saturated rings. The second kappa shape index (κ2) is 12.7. The van der Waals surface area contributed by atoms with Crippen LogP contribution in [0, 0.1) is 23.6 Å². The van der Waals surface area contributed by atoms with Crippen molar-refractivity contribution in [1.29, 1.82) is 0 Å². The summed E-state index contributed by atoms with van der Waals surface area (Å²) in [5.74, 6) is 5.77. The summed E-state index contributed by atoms with van der Waals surface area (Å²) in [7, 11) is 0. The van der Waals surface area contributed by atoms with Crippen molar-refractivity contribution in [2.45, 2.75) is 50.3 Å². The molecule has 0 amide bonds. The summed E-state index contributed by atoms with van der Waals surface area (Å²) in [6.45, 7) is 4.33. The molecule has 7 nitrogen and oxygen atoms in total. The minimum Gasteiger partial charge on any atom is -0.593 e. The Balaban J connectivity index is 1.46. The van der Waals surface area contributed by atoms with Crippen LogP contribution in [0.2, 0.25) is 0 Å².